The van der Waals surface area contributed by atoms with Crippen molar-refractivity contribution in [3.63, 3.8) is 0 Å². The van der Waals surface area contributed by atoms with Crippen molar-refractivity contribution >= 4 is 35.2 Å². The van der Waals surface area contributed by atoms with E-state index in [1.807, 2.05) is 48.5 Å². The van der Waals surface area contributed by atoms with E-state index in [1.165, 1.54) is 4.90 Å². The molecule has 0 aliphatic carbocycles. The molecule has 6 heteroatoms. The molecule has 1 aliphatic rings. The molecule has 1 fully saturated rings. The number of thiocarbonyl (C=S) groups is 1. The van der Waals surface area contributed by atoms with Crippen LogP contribution in [0, 0.1) is 0 Å². The van der Waals surface area contributed by atoms with E-state index in [1.54, 1.807) is 19.3 Å². The van der Waals surface area contributed by atoms with Crippen LogP contribution in [-0.4, -0.2) is 35.5 Å². The van der Waals surface area contributed by atoms with Gasteiger partial charge in [-0.25, -0.2) is 0 Å². The topological polar surface area (TPSA) is 58.6 Å². The third kappa shape index (κ3) is 3.80. The average Bonchev–Trinajstić information content (AvgIpc) is 2.69. The molecule has 136 valence electrons. The molecule has 0 saturated carbocycles. The van der Waals surface area contributed by atoms with Crippen molar-refractivity contribution in [1.29, 1.82) is 0 Å². The van der Waals surface area contributed by atoms with Gasteiger partial charge >= 0.3 is 0 Å². The number of carbonyl (C=O) groups excluding carboxylic acids is 2. The highest BCUT2D eigenvalue weighted by atomic mass is 32.1. The molecular formula is C21H18N2O3S. The Hall–Kier alpha value is -3.25. The van der Waals surface area contributed by atoms with Gasteiger partial charge in [-0.05, 0) is 35.5 Å². The monoisotopic (exact) mass is 378 g/mol. The van der Waals surface area contributed by atoms with Crippen molar-refractivity contribution in [1.82, 2.24) is 10.2 Å². The highest BCUT2D eigenvalue weighted by Gasteiger charge is 2.32. The first-order valence-electron chi connectivity index (χ1n) is 8.28. The maximum Gasteiger partial charge on any atom is 0.265 e. The molecule has 0 unspecified atom stereocenters. The van der Waals surface area contributed by atoms with Crippen molar-refractivity contribution in [2.24, 2.45) is 0 Å². The lowest BCUT2D eigenvalue weighted by atomic mass is 10.0. The van der Waals surface area contributed by atoms with Crippen molar-refractivity contribution in [3.05, 3.63) is 72.3 Å². The minimum atomic E-state index is -0.501. The zero-order valence-corrected chi connectivity index (χ0v) is 15.6. The molecule has 0 radical (unpaired) electrons. The van der Waals surface area contributed by atoms with Crippen molar-refractivity contribution < 1.29 is 14.3 Å². The normalized spacial score (nSPS) is 15.7. The molecule has 0 spiro atoms. The number of amides is 2. The summed E-state index contributed by atoms with van der Waals surface area (Å²) in [5.74, 6) is -0.157. The van der Waals surface area contributed by atoms with E-state index in [9.17, 15) is 9.59 Å². The predicted molar refractivity (Wildman–Crippen MR) is 109 cm³/mol. The van der Waals surface area contributed by atoms with Crippen LogP contribution in [0.25, 0.3) is 17.2 Å². The molecule has 2 aromatic rings. The number of hydrogen-bond acceptors (Lipinski definition) is 4. The summed E-state index contributed by atoms with van der Waals surface area (Å²) >= 11 is 5.05. The fourth-order valence-corrected chi connectivity index (χ4v) is 3.05. The van der Waals surface area contributed by atoms with Gasteiger partial charge in [0.1, 0.15) is 11.3 Å². The smallest absolute Gasteiger partial charge is 0.265 e. The SMILES string of the molecule is C=CCN1C(=O)/C(=C/c2ccc(-c3ccccc3OC)cc2)C(=O)NC1=S. The zero-order chi connectivity index (χ0) is 19.4. The Balaban J connectivity index is 1.91. The van der Waals surface area contributed by atoms with E-state index < -0.39 is 11.8 Å². The number of nitrogens with zero attached hydrogens (tertiary/aromatic N) is 1. The van der Waals surface area contributed by atoms with Crippen LogP contribution >= 0.6 is 12.2 Å². The molecule has 2 aromatic carbocycles. The molecule has 1 saturated heterocycles. The second-order valence-electron chi connectivity index (χ2n) is 5.84. The molecule has 3 rings (SSSR count). The average molecular weight is 378 g/mol. The third-order valence-electron chi connectivity index (χ3n) is 4.14. The first kappa shape index (κ1) is 18.5. The van der Waals surface area contributed by atoms with Gasteiger partial charge in [-0.1, -0.05) is 48.5 Å². The Morgan fingerprint density at radius 3 is 2.52 bits per heavy atom. The van der Waals surface area contributed by atoms with Gasteiger partial charge in [0.05, 0.1) is 7.11 Å². The molecule has 2 amide bonds. The van der Waals surface area contributed by atoms with Crippen LogP contribution in [0.2, 0.25) is 0 Å². The summed E-state index contributed by atoms with van der Waals surface area (Å²) in [5.41, 5.74) is 2.71. The van der Waals surface area contributed by atoms with Crippen molar-refractivity contribution in [2.45, 2.75) is 0 Å². The van der Waals surface area contributed by atoms with E-state index in [4.69, 9.17) is 17.0 Å². The van der Waals surface area contributed by atoms with Gasteiger partial charge in [0.25, 0.3) is 11.8 Å². The maximum atomic E-state index is 12.6. The largest absolute Gasteiger partial charge is 0.496 e. The Bertz CT molecular complexity index is 948. The maximum absolute atomic E-state index is 12.6. The molecule has 0 bridgehead atoms. The highest BCUT2D eigenvalue weighted by Crippen LogP contribution is 2.30. The standard InChI is InChI=1S/C21H18N2O3S/c1-3-12-23-20(25)17(19(24)22-21(23)27)13-14-8-10-15(11-9-14)16-6-4-5-7-18(16)26-2/h3-11,13H,1,12H2,2H3,(H,22,24,27)/b17-13+. The van der Waals surface area contributed by atoms with Gasteiger partial charge in [-0.3, -0.25) is 19.8 Å². The van der Waals surface area contributed by atoms with Crippen LogP contribution in [-0.2, 0) is 9.59 Å². The molecule has 1 heterocycles. The van der Waals surface area contributed by atoms with Crippen LogP contribution in [0.4, 0.5) is 0 Å². The first-order valence-corrected chi connectivity index (χ1v) is 8.69. The van der Waals surface area contributed by atoms with Crippen LogP contribution < -0.4 is 10.1 Å². The predicted octanol–water partition coefficient (Wildman–Crippen LogP) is 3.17. The molecule has 0 atom stereocenters. The number of carbonyl (C=O) groups is 2. The fourth-order valence-electron chi connectivity index (χ4n) is 2.80. The zero-order valence-electron chi connectivity index (χ0n) is 14.8. The molecule has 0 aromatic heterocycles. The molecule has 27 heavy (non-hydrogen) atoms. The second kappa shape index (κ2) is 7.97. The minimum absolute atomic E-state index is 0.0375. The van der Waals surface area contributed by atoms with Gasteiger partial charge < -0.3 is 4.74 Å². The summed E-state index contributed by atoms with van der Waals surface area (Å²) in [4.78, 5) is 26.0. The highest BCUT2D eigenvalue weighted by molar-refractivity contribution is 7.80. The summed E-state index contributed by atoms with van der Waals surface area (Å²) in [7, 11) is 1.63. The summed E-state index contributed by atoms with van der Waals surface area (Å²) in [6.07, 6.45) is 3.11. The van der Waals surface area contributed by atoms with Crippen LogP contribution in [0.5, 0.6) is 5.75 Å². The number of para-hydroxylation sites is 1. The minimum Gasteiger partial charge on any atom is -0.496 e. The molecule has 1 N–H and O–H groups in total. The molecule has 1 aliphatic heterocycles. The van der Waals surface area contributed by atoms with E-state index in [2.05, 4.69) is 11.9 Å². The van der Waals surface area contributed by atoms with Gasteiger partial charge in [0, 0.05) is 12.1 Å². The second-order valence-corrected chi connectivity index (χ2v) is 6.23. The number of benzene rings is 2. The Morgan fingerprint density at radius 1 is 1.15 bits per heavy atom. The summed E-state index contributed by atoms with van der Waals surface area (Å²) in [6.45, 7) is 3.85. The number of methoxy groups -OCH3 is 1. The Kier molecular flexibility index (Phi) is 5.47. The van der Waals surface area contributed by atoms with E-state index in [0.29, 0.717) is 0 Å². The van der Waals surface area contributed by atoms with Crippen molar-refractivity contribution in [3.8, 4) is 16.9 Å². The Morgan fingerprint density at radius 2 is 1.85 bits per heavy atom. The molecule has 5 nitrogen and oxygen atoms in total. The molecular weight excluding hydrogens is 360 g/mol. The van der Waals surface area contributed by atoms with Crippen molar-refractivity contribution in [2.75, 3.05) is 13.7 Å². The van der Waals surface area contributed by atoms with Crippen LogP contribution in [0.15, 0.2) is 66.8 Å². The summed E-state index contributed by atoms with van der Waals surface area (Å²) < 4.78 is 5.39. The van der Waals surface area contributed by atoms with Gasteiger partial charge in [-0.15, -0.1) is 6.58 Å². The van der Waals surface area contributed by atoms with E-state index in [0.717, 1.165) is 22.4 Å². The Labute approximate surface area is 162 Å². The van der Waals surface area contributed by atoms with Gasteiger partial charge in [-0.2, -0.15) is 0 Å². The third-order valence-corrected chi connectivity index (χ3v) is 4.46. The fraction of sp³-hybridized carbons (Fsp3) is 0.0952. The van der Waals surface area contributed by atoms with E-state index in [-0.39, 0.29) is 17.2 Å². The lowest BCUT2D eigenvalue weighted by Gasteiger charge is -2.27. The van der Waals surface area contributed by atoms with Gasteiger partial charge in [0.2, 0.25) is 0 Å². The van der Waals surface area contributed by atoms with E-state index >= 15 is 0 Å². The van der Waals surface area contributed by atoms with Crippen LogP contribution in [0.1, 0.15) is 5.56 Å². The number of nitrogens with one attached hydrogen (secondary N) is 1. The first-order chi connectivity index (χ1) is 13.0. The number of rotatable bonds is 5. The summed E-state index contributed by atoms with van der Waals surface area (Å²) in [6, 6.07) is 15.2. The number of hydrogen-bond donors (Lipinski definition) is 1. The van der Waals surface area contributed by atoms with Crippen LogP contribution in [0.3, 0.4) is 0 Å². The number of ether oxygens (including phenoxy) is 1. The lowest BCUT2D eigenvalue weighted by molar-refractivity contribution is -0.128. The quantitative estimate of drug-likeness (QED) is 0.376. The summed E-state index contributed by atoms with van der Waals surface area (Å²) in [5, 5.41) is 2.62. The lowest BCUT2D eigenvalue weighted by Crippen LogP contribution is -2.53. The van der Waals surface area contributed by atoms with Gasteiger partial charge in [0.15, 0.2) is 5.11 Å².